The number of carbonyl (C=O) groups is 1. The van der Waals surface area contributed by atoms with Gasteiger partial charge in [0.1, 0.15) is 6.04 Å². The van der Waals surface area contributed by atoms with Gasteiger partial charge in [0, 0.05) is 30.3 Å². The highest BCUT2D eigenvalue weighted by molar-refractivity contribution is 8.00. The number of nitriles is 1. The van der Waals surface area contributed by atoms with E-state index in [2.05, 4.69) is 0 Å². The minimum Gasteiger partial charge on any atom is -0.340 e. The Hall–Kier alpha value is -1.21. The van der Waals surface area contributed by atoms with Gasteiger partial charge in [-0.3, -0.25) is 4.79 Å². The summed E-state index contributed by atoms with van der Waals surface area (Å²) < 4.78 is 27.1. The zero-order valence-electron chi connectivity index (χ0n) is 12.9. The molecular formula is C15H17N3O3S3. The zero-order valence-corrected chi connectivity index (χ0v) is 15.4. The summed E-state index contributed by atoms with van der Waals surface area (Å²) in [7, 11) is -3.80. The summed E-state index contributed by atoms with van der Waals surface area (Å²) in [5.74, 6) is 2.41. The molecule has 1 aromatic rings. The third kappa shape index (κ3) is 3.42. The predicted octanol–water partition coefficient (Wildman–Crippen LogP) is 1.20. The molecule has 1 unspecified atom stereocenters. The molecule has 2 saturated heterocycles. The number of thioether (sulfide) groups is 2. The van der Waals surface area contributed by atoms with Gasteiger partial charge in [-0.25, -0.2) is 8.42 Å². The van der Waals surface area contributed by atoms with Crippen LogP contribution in [0.15, 0.2) is 29.2 Å². The Balaban J connectivity index is 1.86. The number of sulfonamides is 1. The molecule has 0 radical (unpaired) electrons. The maximum atomic E-state index is 12.9. The third-order valence-electron chi connectivity index (χ3n) is 4.02. The van der Waals surface area contributed by atoms with Crippen LogP contribution in [0.4, 0.5) is 0 Å². The molecular weight excluding hydrogens is 366 g/mol. The van der Waals surface area contributed by atoms with E-state index in [0.29, 0.717) is 24.4 Å². The summed E-state index contributed by atoms with van der Waals surface area (Å²) >= 11 is 3.25. The van der Waals surface area contributed by atoms with Gasteiger partial charge in [0.05, 0.1) is 22.4 Å². The molecule has 1 aromatic carbocycles. The monoisotopic (exact) mass is 383 g/mol. The van der Waals surface area contributed by atoms with Crippen molar-refractivity contribution >= 4 is 39.5 Å². The summed E-state index contributed by atoms with van der Waals surface area (Å²) in [4.78, 5) is 14.6. The van der Waals surface area contributed by atoms with Crippen LogP contribution in [-0.4, -0.2) is 65.8 Å². The fraction of sp³-hybridized carbons (Fsp3) is 0.467. The Morgan fingerprint density at radius 3 is 2.71 bits per heavy atom. The lowest BCUT2D eigenvalue weighted by Crippen LogP contribution is -2.51. The van der Waals surface area contributed by atoms with Gasteiger partial charge in [0.25, 0.3) is 0 Å². The highest BCUT2D eigenvalue weighted by atomic mass is 32.2. The molecule has 0 aromatic heterocycles. The SMILES string of the molecule is N#Cc1cccc(S(=O)(=O)N2CSCC2C(=O)N2CCSCC2)c1. The first-order valence-electron chi connectivity index (χ1n) is 7.50. The molecule has 2 aliphatic heterocycles. The van der Waals surface area contributed by atoms with Crippen molar-refractivity contribution in [1.82, 2.24) is 9.21 Å². The first kappa shape index (κ1) is 17.6. The third-order valence-corrected chi connectivity index (χ3v) is 7.99. The summed E-state index contributed by atoms with van der Waals surface area (Å²) in [5.41, 5.74) is 0.291. The van der Waals surface area contributed by atoms with Crippen molar-refractivity contribution < 1.29 is 13.2 Å². The van der Waals surface area contributed by atoms with Gasteiger partial charge in [0.2, 0.25) is 15.9 Å². The smallest absolute Gasteiger partial charge is 0.244 e. The van der Waals surface area contributed by atoms with Crippen LogP contribution in [0.25, 0.3) is 0 Å². The van der Waals surface area contributed by atoms with Crippen molar-refractivity contribution in [2.45, 2.75) is 10.9 Å². The Kier molecular flexibility index (Phi) is 5.39. The summed E-state index contributed by atoms with van der Waals surface area (Å²) in [5, 5.41) is 8.98. The van der Waals surface area contributed by atoms with Gasteiger partial charge in [-0.1, -0.05) is 6.07 Å². The number of rotatable bonds is 3. The molecule has 24 heavy (non-hydrogen) atoms. The second kappa shape index (κ2) is 7.35. The van der Waals surface area contributed by atoms with Crippen LogP contribution in [0.3, 0.4) is 0 Å². The fourth-order valence-corrected chi connectivity index (χ4v) is 6.80. The average Bonchev–Trinajstić information content (AvgIpc) is 3.12. The number of hydrogen-bond acceptors (Lipinski definition) is 6. The van der Waals surface area contributed by atoms with Crippen molar-refractivity contribution in [3.05, 3.63) is 29.8 Å². The predicted molar refractivity (Wildman–Crippen MR) is 95.2 cm³/mol. The molecule has 0 saturated carbocycles. The average molecular weight is 384 g/mol. The summed E-state index contributed by atoms with van der Waals surface area (Å²) in [6, 6.07) is 7.23. The quantitative estimate of drug-likeness (QED) is 0.780. The number of amides is 1. The maximum absolute atomic E-state index is 12.9. The maximum Gasteiger partial charge on any atom is 0.244 e. The van der Waals surface area contributed by atoms with E-state index in [1.807, 2.05) is 6.07 Å². The van der Waals surface area contributed by atoms with Gasteiger partial charge < -0.3 is 4.90 Å². The van der Waals surface area contributed by atoms with Crippen molar-refractivity contribution in [3.8, 4) is 6.07 Å². The van der Waals surface area contributed by atoms with Gasteiger partial charge in [-0.05, 0) is 18.2 Å². The highest BCUT2D eigenvalue weighted by Crippen LogP contribution is 2.30. The van der Waals surface area contributed by atoms with Gasteiger partial charge >= 0.3 is 0 Å². The van der Waals surface area contributed by atoms with E-state index in [9.17, 15) is 13.2 Å². The van der Waals surface area contributed by atoms with Crippen molar-refractivity contribution in [1.29, 1.82) is 5.26 Å². The molecule has 0 bridgehead atoms. The summed E-state index contributed by atoms with van der Waals surface area (Å²) in [6.07, 6.45) is 0. The molecule has 6 nitrogen and oxygen atoms in total. The van der Waals surface area contributed by atoms with Crippen LogP contribution in [0.1, 0.15) is 5.56 Å². The Bertz CT molecular complexity index is 770. The number of nitrogens with zero attached hydrogens (tertiary/aromatic N) is 3. The van der Waals surface area contributed by atoms with Crippen molar-refractivity contribution in [2.75, 3.05) is 36.2 Å². The van der Waals surface area contributed by atoms with E-state index in [4.69, 9.17) is 5.26 Å². The van der Waals surface area contributed by atoms with E-state index in [1.54, 1.807) is 28.8 Å². The second-order valence-corrected chi connectivity index (χ2v) is 9.60. The number of carbonyl (C=O) groups excluding carboxylic acids is 1. The molecule has 9 heteroatoms. The van der Waals surface area contributed by atoms with Crippen LogP contribution in [0.5, 0.6) is 0 Å². The van der Waals surface area contributed by atoms with E-state index in [0.717, 1.165) is 11.5 Å². The van der Waals surface area contributed by atoms with Crippen LogP contribution in [0, 0.1) is 11.3 Å². The minimum absolute atomic E-state index is 0.0658. The molecule has 0 N–H and O–H groups in total. The number of benzene rings is 1. The first-order chi connectivity index (χ1) is 11.5. The molecule has 0 spiro atoms. The molecule has 128 valence electrons. The first-order valence-corrected chi connectivity index (χ1v) is 11.3. The Labute approximate surface area is 150 Å². The minimum atomic E-state index is -3.80. The van der Waals surface area contributed by atoms with Crippen molar-refractivity contribution in [3.63, 3.8) is 0 Å². The van der Waals surface area contributed by atoms with Crippen LogP contribution in [-0.2, 0) is 14.8 Å². The Morgan fingerprint density at radius 2 is 2.00 bits per heavy atom. The molecule has 2 heterocycles. The Morgan fingerprint density at radius 1 is 1.25 bits per heavy atom. The van der Waals surface area contributed by atoms with Crippen LogP contribution in [0.2, 0.25) is 0 Å². The van der Waals surface area contributed by atoms with Crippen LogP contribution < -0.4 is 0 Å². The molecule has 2 fully saturated rings. The van der Waals surface area contributed by atoms with E-state index in [-0.39, 0.29) is 16.7 Å². The molecule has 0 aliphatic carbocycles. The largest absolute Gasteiger partial charge is 0.340 e. The highest BCUT2D eigenvalue weighted by Gasteiger charge is 2.41. The lowest BCUT2D eigenvalue weighted by atomic mass is 10.2. The van der Waals surface area contributed by atoms with Gasteiger partial charge in [0.15, 0.2) is 0 Å². The molecule has 1 amide bonds. The summed E-state index contributed by atoms with van der Waals surface area (Å²) in [6.45, 7) is 1.34. The second-order valence-electron chi connectivity index (χ2n) is 5.49. The number of hydrogen-bond donors (Lipinski definition) is 0. The lowest BCUT2D eigenvalue weighted by Gasteiger charge is -2.31. The van der Waals surface area contributed by atoms with Crippen molar-refractivity contribution in [2.24, 2.45) is 0 Å². The van der Waals surface area contributed by atoms with E-state index in [1.165, 1.54) is 28.2 Å². The normalized spacial score (nSPS) is 22.3. The lowest BCUT2D eigenvalue weighted by molar-refractivity contribution is -0.133. The topological polar surface area (TPSA) is 81.5 Å². The van der Waals surface area contributed by atoms with E-state index >= 15 is 0 Å². The molecule has 2 aliphatic rings. The standard InChI is InChI=1S/C15H17N3O3S3/c16-9-12-2-1-3-13(8-12)24(20,21)18-11-23-10-14(18)15(19)17-4-6-22-7-5-17/h1-3,8,14H,4-7,10-11H2. The molecule has 3 rings (SSSR count). The fourth-order valence-electron chi connectivity index (χ4n) is 2.71. The van der Waals surface area contributed by atoms with Crippen LogP contribution >= 0.6 is 23.5 Å². The van der Waals surface area contributed by atoms with Gasteiger partial charge in [-0.2, -0.15) is 21.3 Å². The molecule has 1 atom stereocenters. The van der Waals surface area contributed by atoms with E-state index < -0.39 is 16.1 Å². The zero-order chi connectivity index (χ0) is 17.2. The van der Waals surface area contributed by atoms with Gasteiger partial charge in [-0.15, -0.1) is 11.8 Å².